The molecule has 4 aliphatic rings. The highest BCUT2D eigenvalue weighted by molar-refractivity contribution is 7.99. The minimum atomic E-state index is -0.405. The van der Waals surface area contributed by atoms with Crippen LogP contribution in [0.2, 0.25) is 0 Å². The number of rotatable bonds is 4. The molecule has 3 saturated heterocycles. The number of likely N-dealkylation sites (tertiary alicyclic amines) is 1. The Balaban J connectivity index is 1.19. The normalized spacial score (nSPS) is 27.2. The molecule has 2 aromatic carbocycles. The topological polar surface area (TPSA) is 60.2 Å². The lowest BCUT2D eigenvalue weighted by molar-refractivity contribution is 0.0764. The van der Waals surface area contributed by atoms with E-state index >= 15 is 0 Å². The molecule has 1 amide bonds. The molecule has 186 valence electrons. The number of anilines is 2. The van der Waals surface area contributed by atoms with E-state index < -0.39 is 6.10 Å². The van der Waals surface area contributed by atoms with Crippen molar-refractivity contribution in [3.63, 3.8) is 0 Å². The molecule has 7 rings (SSSR count). The first kappa shape index (κ1) is 22.5. The molecule has 36 heavy (non-hydrogen) atoms. The SMILES string of the molecule is O=C(c1ccc2c(c1)Sc1ccccc1N2C1CC2CCC(C1)N2Cc1ccoc1)N1CCC(O)C1. The summed E-state index contributed by atoms with van der Waals surface area (Å²) in [6.07, 6.45) is 8.69. The van der Waals surface area contributed by atoms with Gasteiger partial charge in [-0.1, -0.05) is 23.9 Å². The van der Waals surface area contributed by atoms with E-state index in [4.69, 9.17) is 4.42 Å². The molecule has 6 nitrogen and oxygen atoms in total. The second-order valence-electron chi connectivity index (χ2n) is 10.6. The predicted octanol–water partition coefficient (Wildman–Crippen LogP) is 5.28. The molecular weight excluding hydrogens is 470 g/mol. The monoisotopic (exact) mass is 501 g/mol. The Bertz CT molecular complexity index is 1260. The van der Waals surface area contributed by atoms with Crippen LogP contribution in [-0.4, -0.2) is 58.1 Å². The smallest absolute Gasteiger partial charge is 0.253 e. The number of hydrogen-bond acceptors (Lipinski definition) is 6. The van der Waals surface area contributed by atoms with Gasteiger partial charge in [0.15, 0.2) is 0 Å². The summed E-state index contributed by atoms with van der Waals surface area (Å²) in [4.78, 5) is 22.6. The highest BCUT2D eigenvalue weighted by atomic mass is 32.2. The largest absolute Gasteiger partial charge is 0.472 e. The summed E-state index contributed by atoms with van der Waals surface area (Å²) in [5.74, 6) is 0.0194. The Morgan fingerprint density at radius 2 is 1.78 bits per heavy atom. The maximum atomic E-state index is 13.1. The Hall–Kier alpha value is -2.74. The van der Waals surface area contributed by atoms with Crippen molar-refractivity contribution >= 4 is 29.0 Å². The van der Waals surface area contributed by atoms with Crippen molar-refractivity contribution in [3.8, 4) is 0 Å². The predicted molar refractivity (Wildman–Crippen MR) is 140 cm³/mol. The summed E-state index contributed by atoms with van der Waals surface area (Å²) in [6.45, 7) is 2.02. The molecule has 1 aromatic heterocycles. The highest BCUT2D eigenvalue weighted by Crippen LogP contribution is 2.52. The molecule has 3 unspecified atom stereocenters. The van der Waals surface area contributed by atoms with Gasteiger partial charge in [-0.15, -0.1) is 0 Å². The number of β-amino-alcohol motifs (C(OH)–C–C–N with tert-alkyl or cyclic N) is 1. The zero-order chi connectivity index (χ0) is 24.2. The molecule has 1 N–H and O–H groups in total. The fraction of sp³-hybridized carbons (Fsp3) is 0.414. The minimum absolute atomic E-state index is 0.0194. The number of para-hydroxylation sites is 1. The standard InChI is InChI=1S/C29H31N3O3S/c33-24-9-11-30(17-24)29(34)20-5-8-26-28(13-20)36-27-4-2-1-3-25(27)32(26)23-14-21-6-7-22(15-23)31(21)16-19-10-12-35-18-19/h1-5,8,10,12-13,18,21-24,33H,6-7,9,11,14-17H2. The number of aliphatic hydroxyl groups is 1. The van der Waals surface area contributed by atoms with Crippen molar-refractivity contribution < 1.29 is 14.3 Å². The van der Waals surface area contributed by atoms with E-state index in [1.807, 2.05) is 12.3 Å². The number of carbonyl (C=O) groups excluding carboxylic acids is 1. The third-order valence-electron chi connectivity index (χ3n) is 8.43. The first-order valence-corrected chi connectivity index (χ1v) is 13.9. The lowest BCUT2D eigenvalue weighted by atomic mass is 9.94. The summed E-state index contributed by atoms with van der Waals surface area (Å²) in [5, 5.41) is 9.90. The van der Waals surface area contributed by atoms with Crippen LogP contribution in [0.4, 0.5) is 11.4 Å². The summed E-state index contributed by atoms with van der Waals surface area (Å²) in [7, 11) is 0. The maximum Gasteiger partial charge on any atom is 0.253 e. The number of piperidine rings is 1. The second-order valence-corrected chi connectivity index (χ2v) is 11.7. The third-order valence-corrected chi connectivity index (χ3v) is 9.54. The number of hydrogen-bond donors (Lipinski definition) is 1. The van der Waals surface area contributed by atoms with Gasteiger partial charge in [0, 0.05) is 58.7 Å². The number of amides is 1. The molecule has 0 aliphatic carbocycles. The Kier molecular flexibility index (Phi) is 5.60. The van der Waals surface area contributed by atoms with Crippen LogP contribution in [0.5, 0.6) is 0 Å². The molecule has 3 atom stereocenters. The van der Waals surface area contributed by atoms with Crippen molar-refractivity contribution in [1.82, 2.24) is 9.80 Å². The zero-order valence-corrected chi connectivity index (χ0v) is 21.1. The van der Waals surface area contributed by atoms with Gasteiger partial charge in [-0.3, -0.25) is 9.69 Å². The number of nitrogens with zero attached hydrogens (tertiary/aromatic N) is 3. The average molecular weight is 502 g/mol. The minimum Gasteiger partial charge on any atom is -0.472 e. The number of benzene rings is 2. The van der Waals surface area contributed by atoms with Gasteiger partial charge < -0.3 is 19.3 Å². The van der Waals surface area contributed by atoms with E-state index in [1.54, 1.807) is 22.9 Å². The lowest BCUT2D eigenvalue weighted by Gasteiger charge is -2.46. The van der Waals surface area contributed by atoms with Crippen molar-refractivity contribution in [2.45, 2.75) is 72.7 Å². The maximum absolute atomic E-state index is 13.1. The Morgan fingerprint density at radius 3 is 2.53 bits per heavy atom. The third kappa shape index (κ3) is 3.85. The molecule has 3 fully saturated rings. The number of aliphatic hydroxyl groups excluding tert-OH is 1. The summed E-state index contributed by atoms with van der Waals surface area (Å²) < 4.78 is 5.33. The van der Waals surface area contributed by atoms with E-state index in [2.05, 4.69) is 52.3 Å². The van der Waals surface area contributed by atoms with E-state index in [9.17, 15) is 9.90 Å². The van der Waals surface area contributed by atoms with Crippen LogP contribution >= 0.6 is 11.8 Å². The highest BCUT2D eigenvalue weighted by Gasteiger charge is 2.44. The fourth-order valence-electron chi connectivity index (χ4n) is 6.73. The van der Waals surface area contributed by atoms with Gasteiger partial charge in [-0.05, 0) is 68.5 Å². The van der Waals surface area contributed by atoms with E-state index in [0.717, 1.165) is 24.3 Å². The van der Waals surface area contributed by atoms with E-state index in [1.165, 1.54) is 34.7 Å². The summed E-state index contributed by atoms with van der Waals surface area (Å²) >= 11 is 1.76. The van der Waals surface area contributed by atoms with Crippen molar-refractivity contribution in [2.24, 2.45) is 0 Å². The Morgan fingerprint density at radius 1 is 0.972 bits per heavy atom. The van der Waals surface area contributed by atoms with Gasteiger partial charge in [0.25, 0.3) is 5.91 Å². The van der Waals surface area contributed by atoms with Crippen LogP contribution in [-0.2, 0) is 6.54 Å². The van der Waals surface area contributed by atoms with E-state index in [-0.39, 0.29) is 5.91 Å². The van der Waals surface area contributed by atoms with Crippen molar-refractivity contribution in [2.75, 3.05) is 18.0 Å². The molecule has 0 radical (unpaired) electrons. The number of furan rings is 1. The molecule has 5 heterocycles. The first-order valence-electron chi connectivity index (χ1n) is 13.1. The van der Waals surface area contributed by atoms with Gasteiger partial charge in [-0.25, -0.2) is 0 Å². The van der Waals surface area contributed by atoms with Crippen LogP contribution in [0.15, 0.2) is 75.3 Å². The van der Waals surface area contributed by atoms with Crippen LogP contribution in [0.1, 0.15) is 48.0 Å². The Labute approximate surface area is 215 Å². The molecule has 2 bridgehead atoms. The summed E-state index contributed by atoms with van der Waals surface area (Å²) in [5.41, 5.74) is 4.47. The van der Waals surface area contributed by atoms with Crippen LogP contribution in [0.3, 0.4) is 0 Å². The van der Waals surface area contributed by atoms with E-state index in [0.29, 0.717) is 43.2 Å². The molecule has 4 aliphatic heterocycles. The number of fused-ring (bicyclic) bond motifs is 4. The quantitative estimate of drug-likeness (QED) is 0.525. The summed E-state index contributed by atoms with van der Waals surface area (Å²) in [6, 6.07) is 18.6. The zero-order valence-electron chi connectivity index (χ0n) is 20.3. The van der Waals surface area contributed by atoms with Gasteiger partial charge in [0.1, 0.15) is 0 Å². The second kappa shape index (κ2) is 8.98. The molecule has 0 saturated carbocycles. The van der Waals surface area contributed by atoms with Crippen molar-refractivity contribution in [3.05, 3.63) is 72.2 Å². The first-order chi connectivity index (χ1) is 17.6. The average Bonchev–Trinajstić information content (AvgIpc) is 3.62. The molecule has 3 aromatic rings. The molecular formula is C29H31N3O3S. The fourth-order valence-corrected chi connectivity index (χ4v) is 7.84. The van der Waals surface area contributed by atoms with Gasteiger partial charge in [-0.2, -0.15) is 0 Å². The number of carbonyl (C=O) groups is 1. The van der Waals surface area contributed by atoms with Gasteiger partial charge >= 0.3 is 0 Å². The van der Waals surface area contributed by atoms with Crippen LogP contribution in [0.25, 0.3) is 0 Å². The van der Waals surface area contributed by atoms with Crippen molar-refractivity contribution in [1.29, 1.82) is 0 Å². The van der Waals surface area contributed by atoms with Gasteiger partial charge in [0.05, 0.1) is 30.0 Å². The lowest BCUT2D eigenvalue weighted by Crippen LogP contribution is -2.49. The van der Waals surface area contributed by atoms with Crippen LogP contribution < -0.4 is 4.90 Å². The van der Waals surface area contributed by atoms with Crippen LogP contribution in [0, 0.1) is 0 Å². The van der Waals surface area contributed by atoms with Gasteiger partial charge in [0.2, 0.25) is 0 Å². The molecule has 7 heteroatoms. The molecule has 0 spiro atoms.